The lowest BCUT2D eigenvalue weighted by Gasteiger charge is -2.26. The number of carbonyl (C=O) groups excluding carboxylic acids is 1. The highest BCUT2D eigenvalue weighted by Gasteiger charge is 2.21. The second-order valence-electron chi connectivity index (χ2n) is 12.7. The Morgan fingerprint density at radius 2 is 1.41 bits per heavy atom. The van der Waals surface area contributed by atoms with E-state index in [1.54, 1.807) is 12.1 Å². The van der Waals surface area contributed by atoms with Crippen molar-refractivity contribution < 1.29 is 23.0 Å². The molecule has 3 rings (SSSR count). The van der Waals surface area contributed by atoms with Gasteiger partial charge in [-0.25, -0.2) is 9.18 Å². The third kappa shape index (κ3) is 13.1. The summed E-state index contributed by atoms with van der Waals surface area (Å²) in [7, 11) is 0. The van der Waals surface area contributed by atoms with Crippen LogP contribution < -0.4 is 9.47 Å². The van der Waals surface area contributed by atoms with Gasteiger partial charge in [0, 0.05) is 0 Å². The normalized spacial score (nSPS) is 16.8. The van der Waals surface area contributed by atoms with E-state index < -0.39 is 23.2 Å². The Morgan fingerprint density at radius 3 is 2.09 bits per heavy atom. The molecule has 0 radical (unpaired) electrons. The molecule has 0 heterocycles. The molecule has 3 nitrogen and oxygen atoms in total. The van der Waals surface area contributed by atoms with Crippen LogP contribution in [0.3, 0.4) is 0 Å². The van der Waals surface area contributed by atoms with E-state index in [1.807, 2.05) is 12.1 Å². The van der Waals surface area contributed by atoms with Crippen molar-refractivity contribution in [3.05, 3.63) is 71.3 Å². The number of hydrogen-bond donors (Lipinski definition) is 0. The average molecular weight is 611 g/mol. The smallest absolute Gasteiger partial charge is 0.346 e. The average Bonchev–Trinajstić information content (AvgIpc) is 3.03. The SMILES string of the molecule is CCCCCCCCCCCOc1ccc(C(=O)Oc2ccc(CC/C=C/[C@H]3CC[C@H](CCCCC)CC3)cc2)c(F)c1F. The van der Waals surface area contributed by atoms with Crippen LogP contribution in [-0.4, -0.2) is 12.6 Å². The highest BCUT2D eigenvalue weighted by molar-refractivity contribution is 5.91. The summed E-state index contributed by atoms with van der Waals surface area (Å²) in [6, 6.07) is 9.77. The Morgan fingerprint density at radius 1 is 0.773 bits per heavy atom. The lowest BCUT2D eigenvalue weighted by atomic mass is 9.79. The molecular formula is C39H56F2O3. The topological polar surface area (TPSA) is 35.5 Å². The van der Waals surface area contributed by atoms with Gasteiger partial charge in [0.15, 0.2) is 11.6 Å². The molecule has 0 saturated heterocycles. The number of hydrogen-bond acceptors (Lipinski definition) is 3. The van der Waals surface area contributed by atoms with E-state index in [9.17, 15) is 13.6 Å². The quantitative estimate of drug-likeness (QED) is 0.0610. The fourth-order valence-corrected chi connectivity index (χ4v) is 6.17. The predicted octanol–water partition coefficient (Wildman–Crippen LogP) is 12.0. The van der Waals surface area contributed by atoms with E-state index in [4.69, 9.17) is 9.47 Å². The van der Waals surface area contributed by atoms with E-state index in [2.05, 4.69) is 26.0 Å². The summed E-state index contributed by atoms with van der Waals surface area (Å²) in [6.45, 7) is 4.80. The Kier molecular flexibility index (Phi) is 17.2. The third-order valence-corrected chi connectivity index (χ3v) is 9.02. The number of halogens is 2. The van der Waals surface area contributed by atoms with Crippen molar-refractivity contribution in [3.63, 3.8) is 0 Å². The number of carbonyl (C=O) groups is 1. The number of esters is 1. The van der Waals surface area contributed by atoms with Gasteiger partial charge in [-0.1, -0.05) is 115 Å². The fourth-order valence-electron chi connectivity index (χ4n) is 6.17. The van der Waals surface area contributed by atoms with Crippen molar-refractivity contribution in [2.24, 2.45) is 11.8 Å². The van der Waals surface area contributed by atoms with Crippen LogP contribution in [0.4, 0.5) is 8.78 Å². The zero-order valence-corrected chi connectivity index (χ0v) is 27.4. The minimum atomic E-state index is -1.24. The van der Waals surface area contributed by atoms with Crippen LogP contribution in [-0.2, 0) is 6.42 Å². The molecule has 44 heavy (non-hydrogen) atoms. The van der Waals surface area contributed by atoms with E-state index in [0.717, 1.165) is 43.6 Å². The maximum atomic E-state index is 14.7. The highest BCUT2D eigenvalue weighted by atomic mass is 19.2. The van der Waals surface area contributed by atoms with Gasteiger partial charge in [0.1, 0.15) is 5.75 Å². The number of ether oxygens (including phenoxy) is 2. The minimum absolute atomic E-state index is 0.174. The molecule has 244 valence electrons. The largest absolute Gasteiger partial charge is 0.490 e. The van der Waals surface area contributed by atoms with Crippen molar-refractivity contribution in [2.75, 3.05) is 6.61 Å². The molecule has 5 heteroatoms. The van der Waals surface area contributed by atoms with Crippen LogP contribution in [0.5, 0.6) is 11.5 Å². The molecule has 1 aliphatic rings. The zero-order chi connectivity index (χ0) is 31.4. The molecule has 0 aliphatic heterocycles. The fraction of sp³-hybridized carbons (Fsp3) is 0.615. The number of unbranched alkanes of at least 4 members (excludes halogenated alkanes) is 10. The summed E-state index contributed by atoms with van der Waals surface area (Å²) >= 11 is 0. The molecule has 1 aliphatic carbocycles. The van der Waals surface area contributed by atoms with Crippen LogP contribution >= 0.6 is 0 Å². The maximum Gasteiger partial charge on any atom is 0.346 e. The van der Waals surface area contributed by atoms with Gasteiger partial charge in [-0.2, -0.15) is 4.39 Å². The van der Waals surface area contributed by atoms with Crippen LogP contribution in [0.1, 0.15) is 145 Å². The molecule has 0 spiro atoms. The van der Waals surface area contributed by atoms with Crippen molar-refractivity contribution in [1.82, 2.24) is 0 Å². The third-order valence-electron chi connectivity index (χ3n) is 9.02. The van der Waals surface area contributed by atoms with E-state index in [1.165, 1.54) is 102 Å². The second-order valence-corrected chi connectivity index (χ2v) is 12.7. The van der Waals surface area contributed by atoms with Gasteiger partial charge in [0.2, 0.25) is 5.82 Å². The van der Waals surface area contributed by atoms with E-state index in [0.29, 0.717) is 18.3 Å². The predicted molar refractivity (Wildman–Crippen MR) is 178 cm³/mol. The molecule has 0 amide bonds. The second kappa shape index (κ2) is 21.1. The van der Waals surface area contributed by atoms with Crippen molar-refractivity contribution in [1.29, 1.82) is 0 Å². The molecule has 0 atom stereocenters. The first kappa shape index (κ1) is 35.8. The zero-order valence-electron chi connectivity index (χ0n) is 27.4. The van der Waals surface area contributed by atoms with Gasteiger partial charge >= 0.3 is 5.97 Å². The van der Waals surface area contributed by atoms with Gasteiger partial charge in [-0.3, -0.25) is 0 Å². The Labute approximate surface area is 265 Å². The number of allylic oxidation sites excluding steroid dienone is 2. The lowest BCUT2D eigenvalue weighted by molar-refractivity contribution is 0.0728. The van der Waals surface area contributed by atoms with E-state index in [-0.39, 0.29) is 5.75 Å². The molecule has 1 fully saturated rings. The number of rotatable bonds is 21. The van der Waals surface area contributed by atoms with E-state index >= 15 is 0 Å². The van der Waals surface area contributed by atoms with Gasteiger partial charge < -0.3 is 9.47 Å². The standard InChI is InChI=1S/C39H56F2O3/c1-3-5-7-8-9-10-11-12-16-30-43-36-29-28-35(37(40)38(36)41)39(42)44-34-26-24-33(25-27-34)19-15-14-18-32-22-20-31(21-23-32)17-13-6-4-2/h14,18,24-29,31-32H,3-13,15-17,19-23,30H2,1-2H3/b18-14+/t31-,32-. The molecule has 0 unspecified atom stereocenters. The molecular weight excluding hydrogens is 554 g/mol. The molecule has 0 bridgehead atoms. The summed E-state index contributed by atoms with van der Waals surface area (Å²) in [5.74, 6) is -1.55. The Balaban J connectivity index is 1.34. The van der Waals surface area contributed by atoms with Crippen LogP contribution in [0, 0.1) is 23.5 Å². The van der Waals surface area contributed by atoms with Crippen LogP contribution in [0.15, 0.2) is 48.6 Å². The lowest BCUT2D eigenvalue weighted by Crippen LogP contribution is -2.13. The maximum absolute atomic E-state index is 14.7. The minimum Gasteiger partial charge on any atom is -0.490 e. The first-order valence-corrected chi connectivity index (χ1v) is 17.6. The van der Waals surface area contributed by atoms with Crippen molar-refractivity contribution >= 4 is 5.97 Å². The molecule has 0 N–H and O–H groups in total. The van der Waals surface area contributed by atoms with Crippen molar-refractivity contribution in [2.45, 2.75) is 136 Å². The highest BCUT2D eigenvalue weighted by Crippen LogP contribution is 2.33. The summed E-state index contributed by atoms with van der Waals surface area (Å²) in [5.41, 5.74) is 0.696. The van der Waals surface area contributed by atoms with Gasteiger partial charge in [0.05, 0.1) is 12.2 Å². The van der Waals surface area contributed by atoms with Crippen molar-refractivity contribution in [3.8, 4) is 11.5 Å². The molecule has 2 aromatic rings. The summed E-state index contributed by atoms with van der Waals surface area (Å²) in [5, 5.41) is 0. The van der Waals surface area contributed by atoms with Crippen LogP contribution in [0.25, 0.3) is 0 Å². The Hall–Kier alpha value is -2.69. The summed E-state index contributed by atoms with van der Waals surface area (Å²) in [6.07, 6.45) is 27.9. The molecule has 2 aromatic carbocycles. The monoisotopic (exact) mass is 610 g/mol. The number of aryl methyl sites for hydroxylation is 1. The number of benzene rings is 2. The van der Waals surface area contributed by atoms with Gasteiger partial charge in [-0.05, 0) is 86.6 Å². The van der Waals surface area contributed by atoms with Crippen LogP contribution in [0.2, 0.25) is 0 Å². The van der Waals surface area contributed by atoms with Gasteiger partial charge in [0.25, 0.3) is 0 Å². The first-order chi connectivity index (χ1) is 21.5. The molecule has 0 aromatic heterocycles. The summed E-state index contributed by atoms with van der Waals surface area (Å²) in [4.78, 5) is 12.6. The Bertz CT molecular complexity index is 1100. The van der Waals surface area contributed by atoms with Gasteiger partial charge in [-0.15, -0.1) is 0 Å². The first-order valence-electron chi connectivity index (χ1n) is 17.6. The molecule has 1 saturated carbocycles. The summed E-state index contributed by atoms with van der Waals surface area (Å²) < 4.78 is 40.1.